The van der Waals surface area contributed by atoms with Crippen LogP contribution in [0.2, 0.25) is 0 Å². The zero-order valence-electron chi connectivity index (χ0n) is 15.1. The second-order valence-corrected chi connectivity index (χ2v) is 8.24. The van der Waals surface area contributed by atoms with Gasteiger partial charge >= 0.3 is 0 Å². The predicted molar refractivity (Wildman–Crippen MR) is 101 cm³/mol. The van der Waals surface area contributed by atoms with E-state index in [2.05, 4.69) is 30.1 Å². The van der Waals surface area contributed by atoms with Crippen molar-refractivity contribution in [3.05, 3.63) is 59.7 Å². The molecule has 3 aliphatic rings. The van der Waals surface area contributed by atoms with Crippen LogP contribution in [-0.4, -0.2) is 24.5 Å². The molecule has 130 valence electrons. The third-order valence-corrected chi connectivity index (χ3v) is 7.06. The first-order valence-electron chi connectivity index (χ1n) is 9.83. The van der Waals surface area contributed by atoms with Gasteiger partial charge in [0.1, 0.15) is 11.5 Å². The highest BCUT2D eigenvalue weighted by Gasteiger charge is 2.53. The molecule has 2 fully saturated rings. The summed E-state index contributed by atoms with van der Waals surface area (Å²) < 4.78 is 6.17. The number of likely N-dealkylation sites (N-methyl/N-ethyl adjacent to an activating group) is 1. The molecule has 0 aromatic heterocycles. The Morgan fingerprint density at radius 3 is 2.76 bits per heavy atom. The van der Waals surface area contributed by atoms with E-state index in [1.807, 2.05) is 30.3 Å². The van der Waals surface area contributed by atoms with Crippen molar-refractivity contribution >= 4 is 0 Å². The van der Waals surface area contributed by atoms with Crippen molar-refractivity contribution in [2.45, 2.75) is 50.0 Å². The first-order chi connectivity index (χ1) is 12.3. The van der Waals surface area contributed by atoms with E-state index < -0.39 is 0 Å². The molecule has 1 heterocycles. The van der Waals surface area contributed by atoms with Crippen molar-refractivity contribution in [1.82, 2.24) is 4.90 Å². The van der Waals surface area contributed by atoms with E-state index in [1.54, 1.807) is 11.1 Å². The van der Waals surface area contributed by atoms with Gasteiger partial charge in [0.15, 0.2) is 0 Å². The Morgan fingerprint density at radius 1 is 1.00 bits per heavy atom. The summed E-state index contributed by atoms with van der Waals surface area (Å²) in [6.07, 6.45) is 8.08. The highest BCUT2D eigenvalue weighted by molar-refractivity contribution is 5.46. The Morgan fingerprint density at radius 2 is 1.88 bits per heavy atom. The number of rotatable bonds is 2. The molecular weight excluding hydrogens is 306 g/mol. The van der Waals surface area contributed by atoms with E-state index in [4.69, 9.17) is 4.74 Å². The Kier molecular flexibility index (Phi) is 3.63. The van der Waals surface area contributed by atoms with E-state index in [1.165, 1.54) is 45.1 Å². The van der Waals surface area contributed by atoms with Crippen LogP contribution >= 0.6 is 0 Å². The van der Waals surface area contributed by atoms with Crippen LogP contribution in [0.15, 0.2) is 48.5 Å². The molecule has 1 saturated heterocycles. The zero-order chi connectivity index (χ0) is 16.9. The number of fused-ring (bicyclic) bond motifs is 1. The van der Waals surface area contributed by atoms with Gasteiger partial charge in [0, 0.05) is 11.5 Å². The molecule has 25 heavy (non-hydrogen) atoms. The summed E-state index contributed by atoms with van der Waals surface area (Å²) in [5.41, 5.74) is 3.57. The minimum atomic E-state index is 0.402. The van der Waals surface area contributed by atoms with Crippen molar-refractivity contribution in [3.8, 4) is 11.5 Å². The van der Waals surface area contributed by atoms with Crippen LogP contribution in [0.1, 0.15) is 43.2 Å². The summed E-state index contributed by atoms with van der Waals surface area (Å²) in [6.45, 7) is 1.24. The lowest BCUT2D eigenvalue weighted by molar-refractivity contribution is 0.00276. The number of piperidine rings is 1. The first-order valence-corrected chi connectivity index (χ1v) is 9.83. The van der Waals surface area contributed by atoms with Crippen molar-refractivity contribution in [2.75, 3.05) is 13.6 Å². The fourth-order valence-corrected chi connectivity index (χ4v) is 5.86. The summed E-state index contributed by atoms with van der Waals surface area (Å²) in [4.78, 5) is 2.63. The maximum atomic E-state index is 6.17. The van der Waals surface area contributed by atoms with Crippen LogP contribution in [0.25, 0.3) is 0 Å². The summed E-state index contributed by atoms with van der Waals surface area (Å²) in [7, 11) is 2.33. The molecule has 0 radical (unpaired) electrons. The standard InChI is InChI=1S/C23H27NO/c1-24-14-13-23-12-6-5-9-20(23)22(24)15-17-10-11-19(16-21(17)23)25-18-7-3-2-4-8-18/h2-4,7-8,10-11,16,20,22H,5-6,9,12-15H2,1H3/t20-,22-,23+/m0/s1. The molecule has 2 nitrogen and oxygen atoms in total. The Bertz CT molecular complexity index is 771. The van der Waals surface area contributed by atoms with Crippen molar-refractivity contribution in [3.63, 3.8) is 0 Å². The first kappa shape index (κ1) is 15.5. The summed E-state index contributed by atoms with van der Waals surface area (Å²) in [5.74, 6) is 2.76. The van der Waals surface area contributed by atoms with Gasteiger partial charge in [-0.1, -0.05) is 37.1 Å². The Hall–Kier alpha value is -1.80. The van der Waals surface area contributed by atoms with Crippen LogP contribution in [0.5, 0.6) is 11.5 Å². The number of hydrogen-bond donors (Lipinski definition) is 0. The molecule has 1 saturated carbocycles. The SMILES string of the molecule is CN1CC[C@]23CCCC[C@H]2[C@@H]1Cc1ccc(Oc2ccccc2)cc13. The second-order valence-electron chi connectivity index (χ2n) is 8.24. The largest absolute Gasteiger partial charge is 0.457 e. The molecule has 0 unspecified atom stereocenters. The summed E-state index contributed by atoms with van der Waals surface area (Å²) >= 11 is 0. The quantitative estimate of drug-likeness (QED) is 0.752. The molecule has 2 bridgehead atoms. The molecule has 1 aliphatic heterocycles. The molecule has 0 spiro atoms. The molecule has 2 aliphatic carbocycles. The number of ether oxygens (including phenoxy) is 1. The lowest BCUT2D eigenvalue weighted by Crippen LogP contribution is -2.59. The van der Waals surface area contributed by atoms with E-state index in [9.17, 15) is 0 Å². The molecule has 0 N–H and O–H groups in total. The van der Waals surface area contributed by atoms with E-state index in [-0.39, 0.29) is 0 Å². The van der Waals surface area contributed by atoms with E-state index >= 15 is 0 Å². The number of likely N-dealkylation sites (tertiary alicyclic amines) is 1. The van der Waals surface area contributed by atoms with Crippen molar-refractivity contribution in [2.24, 2.45) is 5.92 Å². The minimum absolute atomic E-state index is 0.402. The monoisotopic (exact) mass is 333 g/mol. The van der Waals surface area contributed by atoms with Crippen LogP contribution in [0.4, 0.5) is 0 Å². The summed E-state index contributed by atoms with van der Waals surface area (Å²) in [5, 5.41) is 0. The lowest BCUT2D eigenvalue weighted by Gasteiger charge is -2.58. The molecule has 0 amide bonds. The highest BCUT2D eigenvalue weighted by atomic mass is 16.5. The molecule has 5 rings (SSSR count). The highest BCUT2D eigenvalue weighted by Crippen LogP contribution is 2.56. The van der Waals surface area contributed by atoms with Gasteiger partial charge < -0.3 is 9.64 Å². The number of hydrogen-bond acceptors (Lipinski definition) is 2. The van der Waals surface area contributed by atoms with Gasteiger partial charge in [0.25, 0.3) is 0 Å². The van der Waals surface area contributed by atoms with Crippen LogP contribution in [0.3, 0.4) is 0 Å². The van der Waals surface area contributed by atoms with Gasteiger partial charge in [0.2, 0.25) is 0 Å². The molecule has 2 aromatic rings. The fraction of sp³-hybridized carbons (Fsp3) is 0.478. The normalized spacial score (nSPS) is 31.1. The van der Waals surface area contributed by atoms with Gasteiger partial charge in [-0.05, 0) is 80.6 Å². The van der Waals surface area contributed by atoms with Crippen LogP contribution in [-0.2, 0) is 11.8 Å². The van der Waals surface area contributed by atoms with Crippen LogP contribution in [0, 0.1) is 5.92 Å². The van der Waals surface area contributed by atoms with E-state index in [0.29, 0.717) is 5.41 Å². The van der Waals surface area contributed by atoms with Crippen molar-refractivity contribution < 1.29 is 4.74 Å². The lowest BCUT2D eigenvalue weighted by atomic mass is 9.52. The predicted octanol–water partition coefficient (Wildman–Crippen LogP) is 5.17. The molecular formula is C23H27NO. The second kappa shape index (κ2) is 5.88. The third-order valence-electron chi connectivity index (χ3n) is 7.06. The molecule has 2 aromatic carbocycles. The topological polar surface area (TPSA) is 12.5 Å². The van der Waals surface area contributed by atoms with Crippen molar-refractivity contribution in [1.29, 1.82) is 0 Å². The average Bonchev–Trinajstić information content (AvgIpc) is 2.66. The fourth-order valence-electron chi connectivity index (χ4n) is 5.86. The molecule has 2 heteroatoms. The smallest absolute Gasteiger partial charge is 0.127 e. The Balaban J connectivity index is 1.56. The Labute approximate surface area is 150 Å². The maximum absolute atomic E-state index is 6.17. The minimum Gasteiger partial charge on any atom is -0.457 e. The van der Waals surface area contributed by atoms with Crippen LogP contribution < -0.4 is 4.74 Å². The van der Waals surface area contributed by atoms with Gasteiger partial charge in [-0.3, -0.25) is 0 Å². The van der Waals surface area contributed by atoms with E-state index in [0.717, 1.165) is 23.5 Å². The third kappa shape index (κ3) is 2.42. The van der Waals surface area contributed by atoms with Gasteiger partial charge in [-0.25, -0.2) is 0 Å². The van der Waals surface area contributed by atoms with Gasteiger partial charge in [-0.15, -0.1) is 0 Å². The number of para-hydroxylation sites is 1. The molecule has 3 atom stereocenters. The maximum Gasteiger partial charge on any atom is 0.127 e. The zero-order valence-corrected chi connectivity index (χ0v) is 15.1. The average molecular weight is 333 g/mol. The summed E-state index contributed by atoms with van der Waals surface area (Å²) in [6, 6.07) is 17.8. The number of benzene rings is 2. The van der Waals surface area contributed by atoms with Gasteiger partial charge in [-0.2, -0.15) is 0 Å². The van der Waals surface area contributed by atoms with Gasteiger partial charge in [0.05, 0.1) is 0 Å². The number of nitrogens with zero attached hydrogens (tertiary/aromatic N) is 1.